The quantitative estimate of drug-likeness (QED) is 0.442. The lowest BCUT2D eigenvalue weighted by molar-refractivity contribution is 0.0774. The standard InChI is InChI=1S/C22H21N5OS/c1-4-26(14-15(2)3)22(28)20-19-16(17-8-7-13-29-17)10-12-24-21(19)27(25-20)18-9-5-6-11-23-18/h5-13H,2,4,14H2,1,3H3. The molecule has 0 aliphatic heterocycles. The Morgan fingerprint density at radius 2 is 2.03 bits per heavy atom. The first-order valence-electron chi connectivity index (χ1n) is 9.36. The zero-order valence-corrected chi connectivity index (χ0v) is 17.2. The molecule has 0 unspecified atom stereocenters. The maximum atomic E-state index is 13.5. The maximum Gasteiger partial charge on any atom is 0.275 e. The Morgan fingerprint density at radius 3 is 2.69 bits per heavy atom. The van der Waals surface area contributed by atoms with Gasteiger partial charge in [0.05, 0.1) is 5.39 Å². The molecule has 0 saturated carbocycles. The number of aromatic nitrogens is 4. The monoisotopic (exact) mass is 403 g/mol. The molecular formula is C22H21N5OS. The number of thiophene rings is 1. The highest BCUT2D eigenvalue weighted by Crippen LogP contribution is 2.34. The number of amides is 1. The van der Waals surface area contributed by atoms with E-state index in [2.05, 4.69) is 21.6 Å². The van der Waals surface area contributed by atoms with Crippen LogP contribution in [0.4, 0.5) is 0 Å². The number of carbonyl (C=O) groups excluding carboxylic acids is 1. The van der Waals surface area contributed by atoms with Gasteiger partial charge in [0.1, 0.15) is 0 Å². The Balaban J connectivity index is 1.98. The highest BCUT2D eigenvalue weighted by atomic mass is 32.1. The largest absolute Gasteiger partial charge is 0.334 e. The minimum atomic E-state index is -0.138. The van der Waals surface area contributed by atoms with E-state index >= 15 is 0 Å². The summed E-state index contributed by atoms with van der Waals surface area (Å²) in [4.78, 5) is 25.2. The van der Waals surface area contributed by atoms with Crippen molar-refractivity contribution in [3.8, 4) is 16.3 Å². The smallest absolute Gasteiger partial charge is 0.275 e. The van der Waals surface area contributed by atoms with Crippen molar-refractivity contribution in [3.05, 3.63) is 72.0 Å². The van der Waals surface area contributed by atoms with E-state index in [0.717, 1.165) is 21.4 Å². The molecule has 0 aliphatic carbocycles. The molecule has 6 nitrogen and oxygen atoms in total. The van der Waals surface area contributed by atoms with Gasteiger partial charge in [0.2, 0.25) is 0 Å². The van der Waals surface area contributed by atoms with Gasteiger partial charge < -0.3 is 4.90 Å². The second-order valence-corrected chi connectivity index (χ2v) is 7.71. The topological polar surface area (TPSA) is 63.9 Å². The van der Waals surface area contributed by atoms with Crippen LogP contribution in [0.15, 0.2) is 66.3 Å². The summed E-state index contributed by atoms with van der Waals surface area (Å²) in [6.07, 6.45) is 3.45. The van der Waals surface area contributed by atoms with E-state index in [1.54, 1.807) is 33.3 Å². The average molecular weight is 404 g/mol. The molecule has 7 heteroatoms. The summed E-state index contributed by atoms with van der Waals surface area (Å²) >= 11 is 1.62. The van der Waals surface area contributed by atoms with Gasteiger partial charge in [0.15, 0.2) is 17.2 Å². The van der Waals surface area contributed by atoms with Crippen molar-refractivity contribution in [3.63, 3.8) is 0 Å². The third kappa shape index (κ3) is 3.56. The number of nitrogens with zero attached hydrogens (tertiary/aromatic N) is 5. The number of hydrogen-bond acceptors (Lipinski definition) is 5. The van der Waals surface area contributed by atoms with Crippen LogP contribution in [0.5, 0.6) is 0 Å². The lowest BCUT2D eigenvalue weighted by Gasteiger charge is -2.20. The SMILES string of the molecule is C=C(C)CN(CC)C(=O)c1nn(-c2ccccn2)c2nccc(-c3cccs3)c12. The van der Waals surface area contributed by atoms with Gasteiger partial charge in [-0.1, -0.05) is 24.3 Å². The van der Waals surface area contributed by atoms with Crippen LogP contribution in [-0.2, 0) is 0 Å². The summed E-state index contributed by atoms with van der Waals surface area (Å²) in [5.41, 5.74) is 2.86. The van der Waals surface area contributed by atoms with Crippen molar-refractivity contribution >= 4 is 28.3 Å². The molecule has 4 aromatic heterocycles. The molecule has 0 aromatic carbocycles. The number of pyridine rings is 2. The molecule has 4 aromatic rings. The van der Waals surface area contributed by atoms with E-state index in [1.165, 1.54) is 0 Å². The van der Waals surface area contributed by atoms with Crippen LogP contribution in [0.1, 0.15) is 24.3 Å². The summed E-state index contributed by atoms with van der Waals surface area (Å²) in [6.45, 7) is 8.88. The number of rotatable bonds is 6. The Morgan fingerprint density at radius 1 is 1.17 bits per heavy atom. The summed E-state index contributed by atoms with van der Waals surface area (Å²) < 4.78 is 1.65. The van der Waals surface area contributed by atoms with Crippen LogP contribution < -0.4 is 0 Å². The Labute approximate surface area is 173 Å². The molecule has 29 heavy (non-hydrogen) atoms. The van der Waals surface area contributed by atoms with Gasteiger partial charge in [-0.05, 0) is 43.5 Å². The van der Waals surface area contributed by atoms with Crippen molar-refractivity contribution in [2.45, 2.75) is 13.8 Å². The predicted octanol–water partition coefficient (Wildman–Crippen LogP) is 4.58. The minimum absolute atomic E-state index is 0.138. The summed E-state index contributed by atoms with van der Waals surface area (Å²) in [5, 5.41) is 7.44. The number of carbonyl (C=O) groups is 1. The van der Waals surface area contributed by atoms with E-state index in [1.807, 2.05) is 55.6 Å². The molecule has 0 atom stereocenters. The second kappa shape index (κ2) is 7.97. The van der Waals surface area contributed by atoms with E-state index in [4.69, 9.17) is 0 Å². The molecule has 4 heterocycles. The van der Waals surface area contributed by atoms with E-state index in [0.29, 0.717) is 30.2 Å². The first-order valence-corrected chi connectivity index (χ1v) is 10.2. The van der Waals surface area contributed by atoms with E-state index in [-0.39, 0.29) is 5.91 Å². The molecule has 0 aliphatic rings. The van der Waals surface area contributed by atoms with Gasteiger partial charge in [-0.25, -0.2) is 9.97 Å². The minimum Gasteiger partial charge on any atom is -0.334 e. The third-order valence-electron chi connectivity index (χ3n) is 4.55. The van der Waals surface area contributed by atoms with Crippen LogP contribution in [0.25, 0.3) is 27.3 Å². The van der Waals surface area contributed by atoms with Crippen molar-refractivity contribution in [1.82, 2.24) is 24.6 Å². The zero-order chi connectivity index (χ0) is 20.4. The maximum absolute atomic E-state index is 13.5. The zero-order valence-electron chi connectivity index (χ0n) is 16.4. The van der Waals surface area contributed by atoms with Crippen molar-refractivity contribution < 1.29 is 4.79 Å². The molecular weight excluding hydrogens is 382 g/mol. The molecule has 1 amide bonds. The van der Waals surface area contributed by atoms with Gasteiger partial charge in [0, 0.05) is 35.9 Å². The van der Waals surface area contributed by atoms with Crippen molar-refractivity contribution in [2.75, 3.05) is 13.1 Å². The number of hydrogen-bond donors (Lipinski definition) is 0. The molecule has 146 valence electrons. The van der Waals surface area contributed by atoms with Crippen LogP contribution in [-0.4, -0.2) is 43.6 Å². The van der Waals surface area contributed by atoms with Crippen molar-refractivity contribution in [1.29, 1.82) is 0 Å². The Bertz CT molecular complexity index is 1160. The van der Waals surface area contributed by atoms with Crippen LogP contribution in [0.3, 0.4) is 0 Å². The fourth-order valence-electron chi connectivity index (χ4n) is 3.27. The molecule has 0 saturated heterocycles. The lowest BCUT2D eigenvalue weighted by Crippen LogP contribution is -2.32. The van der Waals surface area contributed by atoms with Crippen LogP contribution in [0.2, 0.25) is 0 Å². The molecule has 0 fully saturated rings. The summed E-state index contributed by atoms with van der Waals surface area (Å²) in [6, 6.07) is 11.6. The Kier molecular flexibility index (Phi) is 5.22. The fourth-order valence-corrected chi connectivity index (χ4v) is 4.03. The molecule has 0 radical (unpaired) electrons. The summed E-state index contributed by atoms with van der Waals surface area (Å²) in [7, 11) is 0. The molecule has 0 bridgehead atoms. The normalized spacial score (nSPS) is 11.0. The van der Waals surface area contributed by atoms with E-state index < -0.39 is 0 Å². The highest BCUT2D eigenvalue weighted by molar-refractivity contribution is 7.13. The molecule has 4 rings (SSSR count). The third-order valence-corrected chi connectivity index (χ3v) is 5.46. The van der Waals surface area contributed by atoms with Crippen LogP contribution >= 0.6 is 11.3 Å². The lowest BCUT2D eigenvalue weighted by atomic mass is 10.1. The van der Waals surface area contributed by atoms with Gasteiger partial charge in [-0.3, -0.25) is 4.79 Å². The fraction of sp³-hybridized carbons (Fsp3) is 0.182. The van der Waals surface area contributed by atoms with Gasteiger partial charge in [0.25, 0.3) is 5.91 Å². The number of fused-ring (bicyclic) bond motifs is 1. The first kappa shape index (κ1) is 19.0. The predicted molar refractivity (Wildman–Crippen MR) is 116 cm³/mol. The van der Waals surface area contributed by atoms with E-state index in [9.17, 15) is 4.79 Å². The first-order chi connectivity index (χ1) is 14.1. The molecule has 0 N–H and O–H groups in total. The van der Waals surface area contributed by atoms with Gasteiger partial charge in [-0.2, -0.15) is 9.78 Å². The second-order valence-electron chi connectivity index (χ2n) is 6.76. The van der Waals surface area contributed by atoms with Gasteiger partial charge >= 0.3 is 0 Å². The average Bonchev–Trinajstić information content (AvgIpc) is 3.40. The summed E-state index contributed by atoms with van der Waals surface area (Å²) in [5.74, 6) is 0.483. The number of likely N-dealkylation sites (N-methyl/N-ethyl adjacent to an activating group) is 1. The molecule has 0 spiro atoms. The Hall–Kier alpha value is -3.32. The van der Waals surface area contributed by atoms with Crippen molar-refractivity contribution in [2.24, 2.45) is 0 Å². The van der Waals surface area contributed by atoms with Crippen LogP contribution in [0, 0.1) is 0 Å². The highest BCUT2D eigenvalue weighted by Gasteiger charge is 2.26. The van der Waals surface area contributed by atoms with Gasteiger partial charge in [-0.15, -0.1) is 11.3 Å².